The van der Waals surface area contributed by atoms with Gasteiger partial charge in [0.1, 0.15) is 47.5 Å². The molecule has 4 aromatic rings. The number of rotatable bonds is 13. The number of benzene rings is 4. The number of hydrogen-bond donors (Lipinski definition) is 0. The van der Waals surface area contributed by atoms with Crippen molar-refractivity contribution in [1.29, 1.82) is 0 Å². The topological polar surface area (TPSA) is 299 Å². The first-order valence-corrected chi connectivity index (χ1v) is 25.5. The molecule has 346 valence electrons. The maximum atomic E-state index is 12.5. The van der Waals surface area contributed by atoms with Crippen molar-refractivity contribution in [2.45, 2.75) is 96.6 Å². The monoisotopic (exact) mass is 1090 g/mol. The minimum atomic E-state index is -5.30. The third-order valence-electron chi connectivity index (χ3n) is 12.0. The van der Waals surface area contributed by atoms with Crippen molar-refractivity contribution in [1.82, 2.24) is 5.06 Å². The molecule has 0 atom stereocenters. The minimum Gasteiger partial charge on any atom is -0.744 e. The summed E-state index contributed by atoms with van der Waals surface area (Å²) in [6, 6.07) is 9.01. The van der Waals surface area contributed by atoms with Crippen LogP contribution >= 0.6 is 0 Å². The maximum absolute atomic E-state index is 12.5. The van der Waals surface area contributed by atoms with E-state index in [0.29, 0.717) is 70.4 Å². The molecule has 26 heteroatoms. The summed E-state index contributed by atoms with van der Waals surface area (Å²) in [5.74, 6) is -2.00. The smallest absolute Gasteiger partial charge is 0.744 e. The molecule has 4 aromatic carbocycles. The number of anilines is 1. The molecule has 3 heterocycles. The third-order valence-corrected chi connectivity index (χ3v) is 15.4. The Labute approximate surface area is 521 Å². The summed E-state index contributed by atoms with van der Waals surface area (Å²) in [4.78, 5) is 39.5. The molecule has 3 aliphatic rings. The average molecular weight is 1090 g/mol. The molecule has 19 nitrogen and oxygen atoms in total. The second-order valence-corrected chi connectivity index (χ2v) is 22.3. The van der Waals surface area contributed by atoms with Crippen molar-refractivity contribution in [3.05, 3.63) is 83.6 Å². The molecule has 7 rings (SSSR count). The van der Waals surface area contributed by atoms with Gasteiger partial charge in [-0.15, -0.1) is 5.06 Å². The maximum Gasteiger partial charge on any atom is 1.00 e. The summed E-state index contributed by atoms with van der Waals surface area (Å²) in [5.41, 5.74) is 0.903. The minimum absolute atomic E-state index is 0. The number of carbonyl (C=O) groups is 3. The van der Waals surface area contributed by atoms with Gasteiger partial charge in [-0.1, -0.05) is 32.4 Å². The zero-order chi connectivity index (χ0) is 48.0. The summed E-state index contributed by atoms with van der Waals surface area (Å²) in [6.45, 7) is 7.37. The molecule has 0 aromatic heterocycles. The van der Waals surface area contributed by atoms with E-state index in [1.165, 1.54) is 12.1 Å². The van der Waals surface area contributed by atoms with Crippen LogP contribution < -0.4 is 159 Å². The van der Waals surface area contributed by atoms with Crippen molar-refractivity contribution >= 4 is 96.9 Å². The van der Waals surface area contributed by atoms with Crippen LogP contribution in [0.3, 0.4) is 0 Å². The summed E-state index contributed by atoms with van der Waals surface area (Å²) in [6.07, 6.45) is 6.10. The Morgan fingerprint density at radius 3 is 1.68 bits per heavy atom. The van der Waals surface area contributed by atoms with Crippen molar-refractivity contribution in [2.24, 2.45) is 0 Å². The van der Waals surface area contributed by atoms with Gasteiger partial charge in [0.15, 0.2) is 5.71 Å². The molecule has 0 spiro atoms. The Balaban J connectivity index is 0.00000336. The van der Waals surface area contributed by atoms with Crippen LogP contribution in [-0.2, 0) is 70.5 Å². The van der Waals surface area contributed by atoms with Crippen molar-refractivity contribution in [2.75, 3.05) is 18.5 Å². The van der Waals surface area contributed by atoms with E-state index in [2.05, 4.69) is 0 Å². The number of carbonyl (C=O) groups excluding carboxylic acids is 3. The molecule has 0 N–H and O–H groups in total. The molecular formula is C42H40K3N3O16S4. The fraction of sp³-hybridized carbons (Fsp3) is 0.333. The van der Waals surface area contributed by atoms with Gasteiger partial charge in [0.2, 0.25) is 5.69 Å². The van der Waals surface area contributed by atoms with E-state index in [4.69, 9.17) is 4.84 Å². The van der Waals surface area contributed by atoms with Gasteiger partial charge in [-0.25, -0.2) is 38.5 Å². The first kappa shape index (κ1) is 60.1. The van der Waals surface area contributed by atoms with Crippen molar-refractivity contribution in [3.8, 4) is 0 Å². The largest absolute Gasteiger partial charge is 1.00 e. The number of nitrogens with zero attached hydrogens (tertiary/aromatic N) is 3. The van der Waals surface area contributed by atoms with Crippen LogP contribution in [-0.4, -0.2) is 98.6 Å². The fourth-order valence-electron chi connectivity index (χ4n) is 9.13. The van der Waals surface area contributed by atoms with E-state index in [1.54, 1.807) is 69.7 Å². The van der Waals surface area contributed by atoms with Gasteiger partial charge >= 0.3 is 160 Å². The molecule has 2 amide bonds. The molecule has 68 heavy (non-hydrogen) atoms. The second-order valence-electron chi connectivity index (χ2n) is 16.9. The first-order chi connectivity index (χ1) is 30.0. The van der Waals surface area contributed by atoms with Crippen LogP contribution in [0.25, 0.3) is 21.5 Å². The van der Waals surface area contributed by atoms with E-state index in [1.807, 2.05) is 4.90 Å². The van der Waals surface area contributed by atoms with Crippen LogP contribution in [0.15, 0.2) is 92.0 Å². The number of imide groups is 1. The van der Waals surface area contributed by atoms with Crippen molar-refractivity contribution in [3.63, 3.8) is 0 Å². The Morgan fingerprint density at radius 2 is 1.18 bits per heavy atom. The summed E-state index contributed by atoms with van der Waals surface area (Å²) < 4.78 is 150. The zero-order valence-corrected chi connectivity index (χ0v) is 50.9. The van der Waals surface area contributed by atoms with E-state index in [-0.39, 0.29) is 202 Å². The summed E-state index contributed by atoms with van der Waals surface area (Å²) in [7, 11) is -19.3. The second kappa shape index (κ2) is 21.8. The Kier molecular flexibility index (Phi) is 19.2. The zero-order valence-electron chi connectivity index (χ0n) is 38.3. The van der Waals surface area contributed by atoms with Gasteiger partial charge in [0.25, 0.3) is 11.8 Å². The number of fused-ring (bicyclic) bond motifs is 6. The SMILES string of the molecule is C[N+]1=C(C=CC=C2N(CCCCCC(=O)ON3C(=O)CCC3=O)c3ccc4c(S(=O)(=O)[O-])cc(S(=O)(=O)[O-])cc4c3C2(C)C)C(C)(C)c2c1ccc1c(S(=O)(=O)[O-])cc(S(=O)(=O)[O-])cc21.[K+].[K+].[K+]. The van der Waals surface area contributed by atoms with Crippen molar-refractivity contribution < 1.29 is 230 Å². The van der Waals surface area contributed by atoms with E-state index in [9.17, 15) is 66.3 Å². The van der Waals surface area contributed by atoms with E-state index >= 15 is 0 Å². The van der Waals surface area contributed by atoms with Gasteiger partial charge in [-0.05, 0) is 90.9 Å². The normalized spacial score (nSPS) is 17.4. The molecule has 0 unspecified atom stereocenters. The van der Waals surface area contributed by atoms with Crippen LogP contribution in [0.2, 0.25) is 0 Å². The standard InChI is InChI=1S/C42H43N3O16S4.3K/c1-41(2)34(43(5)30-15-13-26-28(39(30)41)20-24(62(49,50)51)22-32(26)64(55,56)57)10-9-11-35-42(3,4)40-29-21-25(63(52,53)54)23-33(65(58,59)60)27(29)14-16-31(40)44(35)19-8-6-7-12-38(48)61-45-36(46)17-18-37(45)47;;;/h9-11,13-16,20-23H,6-8,12,17-19H2,1-5H3,(H3-,49,50,51,52,53,54,55,56,57,58,59,60);;;/q;3*+1/p-3. The van der Waals surface area contributed by atoms with Crippen LogP contribution in [0, 0.1) is 0 Å². The Morgan fingerprint density at radius 1 is 0.676 bits per heavy atom. The molecule has 0 saturated carbocycles. The molecule has 3 aliphatic heterocycles. The molecular weight excluding hydrogens is 1050 g/mol. The van der Waals surface area contributed by atoms with Gasteiger partial charge in [-0.3, -0.25) is 9.59 Å². The van der Waals surface area contributed by atoms with Crippen LogP contribution in [0.4, 0.5) is 11.4 Å². The first-order valence-electron chi connectivity index (χ1n) is 19.9. The summed E-state index contributed by atoms with van der Waals surface area (Å²) in [5, 5.41) is 0.356. The molecule has 1 saturated heterocycles. The number of hydroxylamine groups is 2. The van der Waals surface area contributed by atoms with Crippen LogP contribution in [0.1, 0.15) is 77.3 Å². The van der Waals surface area contributed by atoms with Gasteiger partial charge in [0, 0.05) is 65.7 Å². The predicted octanol–water partition coefficient (Wildman–Crippen LogP) is -4.97. The Bertz CT molecular complexity index is 3360. The van der Waals surface area contributed by atoms with Gasteiger partial charge < -0.3 is 27.9 Å². The predicted molar refractivity (Wildman–Crippen MR) is 227 cm³/mol. The molecule has 0 aliphatic carbocycles. The van der Waals surface area contributed by atoms with Gasteiger partial charge in [0.05, 0.1) is 25.0 Å². The molecule has 1 fully saturated rings. The number of amides is 2. The van der Waals surface area contributed by atoms with Crippen LogP contribution in [0.5, 0.6) is 0 Å². The third kappa shape index (κ3) is 11.7. The van der Waals surface area contributed by atoms with E-state index < -0.39 is 88.7 Å². The van der Waals surface area contributed by atoms with Gasteiger partial charge in [-0.2, -0.15) is 4.58 Å². The average Bonchev–Trinajstić information content (AvgIpc) is 3.70. The number of hydrogen-bond acceptors (Lipinski definition) is 17. The molecule has 0 radical (unpaired) electrons. The number of unbranched alkanes of at least 4 members (excludes halogenated alkanes) is 2. The van der Waals surface area contributed by atoms with E-state index in [0.717, 1.165) is 12.1 Å². The fourth-order valence-corrected chi connectivity index (χ4v) is 11.8. The quantitative estimate of drug-likeness (QED) is 0.0398. The Hall–Kier alpha value is -0.491. The summed E-state index contributed by atoms with van der Waals surface area (Å²) >= 11 is 0. The number of allylic oxidation sites excluding steroid dienone is 4. The molecule has 0 bridgehead atoms.